The number of benzene rings is 2. The number of anilines is 2. The molecule has 1 aliphatic rings. The van der Waals surface area contributed by atoms with Crippen LogP contribution in [0.15, 0.2) is 53.4 Å². The average Bonchev–Trinajstić information content (AvgIpc) is 2.62. The number of hydrogen-bond acceptors (Lipinski definition) is 6. The molecule has 11 heteroatoms. The highest BCUT2D eigenvalue weighted by atomic mass is 32.2. The second-order valence-electron chi connectivity index (χ2n) is 6.00. The zero-order chi connectivity index (χ0) is 19.7. The number of nitro groups is 1. The summed E-state index contributed by atoms with van der Waals surface area (Å²) >= 11 is 0. The number of hydrogen-bond donors (Lipinski definition) is 1. The quantitative estimate of drug-likeness (QED) is 0.594. The van der Waals surface area contributed by atoms with E-state index in [2.05, 4.69) is 4.72 Å². The summed E-state index contributed by atoms with van der Waals surface area (Å²) in [4.78, 5) is 9.93. The molecule has 1 heterocycles. The molecule has 2 aromatic rings. The third-order valence-corrected chi connectivity index (χ3v) is 7.38. The Morgan fingerprint density at radius 1 is 1.00 bits per heavy atom. The van der Waals surface area contributed by atoms with Gasteiger partial charge in [-0.1, -0.05) is 0 Å². The minimum atomic E-state index is -3.92. The van der Waals surface area contributed by atoms with E-state index in [1.165, 1.54) is 28.6 Å². The first-order valence-corrected chi connectivity index (χ1v) is 11.2. The molecule has 9 nitrogen and oxygen atoms in total. The first-order chi connectivity index (χ1) is 12.7. The topological polar surface area (TPSA) is 127 Å². The summed E-state index contributed by atoms with van der Waals surface area (Å²) in [5.74, 6) is 0.0987. The number of nitrogens with one attached hydrogen (secondary N) is 1. The molecule has 0 bridgehead atoms. The Kier molecular flexibility index (Phi) is 5.07. The Balaban J connectivity index is 1.78. The van der Waals surface area contributed by atoms with Crippen LogP contribution in [0.4, 0.5) is 17.1 Å². The van der Waals surface area contributed by atoms with Gasteiger partial charge in [-0.15, -0.1) is 0 Å². The SMILES string of the molecule is O=[N+]([O-])c1ccc(S(=O)(=O)Nc2ccc(N3CCCCS3(=O)=O)cc2)cc1. The normalized spacial score (nSPS) is 16.7. The molecular weight excluding hydrogens is 394 g/mol. The lowest BCUT2D eigenvalue weighted by Gasteiger charge is -2.28. The van der Waals surface area contributed by atoms with Crippen LogP contribution >= 0.6 is 0 Å². The van der Waals surface area contributed by atoms with Crippen molar-refractivity contribution >= 4 is 37.1 Å². The van der Waals surface area contributed by atoms with Crippen molar-refractivity contribution in [3.63, 3.8) is 0 Å². The molecule has 0 spiro atoms. The van der Waals surface area contributed by atoms with Gasteiger partial charge >= 0.3 is 0 Å². The molecule has 0 radical (unpaired) electrons. The molecule has 1 fully saturated rings. The molecule has 0 aliphatic carbocycles. The summed E-state index contributed by atoms with van der Waals surface area (Å²) < 4.78 is 52.7. The fourth-order valence-corrected chi connectivity index (χ4v) is 5.43. The van der Waals surface area contributed by atoms with E-state index >= 15 is 0 Å². The van der Waals surface area contributed by atoms with E-state index < -0.39 is 25.0 Å². The fraction of sp³-hybridized carbons (Fsp3) is 0.250. The minimum absolute atomic E-state index is 0.0987. The van der Waals surface area contributed by atoms with Crippen LogP contribution in [0.25, 0.3) is 0 Å². The average molecular weight is 411 g/mol. The van der Waals surface area contributed by atoms with Gasteiger partial charge in [0.25, 0.3) is 15.7 Å². The smallest absolute Gasteiger partial charge is 0.269 e. The summed E-state index contributed by atoms with van der Waals surface area (Å²) in [6, 6.07) is 10.5. The van der Waals surface area contributed by atoms with Crippen molar-refractivity contribution in [3.8, 4) is 0 Å². The maximum Gasteiger partial charge on any atom is 0.269 e. The third kappa shape index (κ3) is 4.19. The fourth-order valence-electron chi connectivity index (χ4n) is 2.74. The van der Waals surface area contributed by atoms with Gasteiger partial charge in [0.2, 0.25) is 10.0 Å². The van der Waals surface area contributed by atoms with E-state index in [1.54, 1.807) is 0 Å². The summed E-state index contributed by atoms with van der Waals surface area (Å²) in [5, 5.41) is 10.7. The largest absolute Gasteiger partial charge is 0.280 e. The predicted octanol–water partition coefficient (Wildman–Crippen LogP) is 2.33. The van der Waals surface area contributed by atoms with Crippen LogP contribution in [0, 0.1) is 10.1 Å². The van der Waals surface area contributed by atoms with Gasteiger partial charge in [-0.05, 0) is 49.2 Å². The Morgan fingerprint density at radius 3 is 2.19 bits per heavy atom. The summed E-state index contributed by atoms with van der Waals surface area (Å²) in [7, 11) is -7.26. The molecule has 0 amide bonds. The Labute approximate surface area is 156 Å². The van der Waals surface area contributed by atoms with E-state index in [0.717, 1.165) is 30.7 Å². The Hall–Kier alpha value is -2.66. The molecule has 27 heavy (non-hydrogen) atoms. The predicted molar refractivity (Wildman–Crippen MR) is 101 cm³/mol. The Morgan fingerprint density at radius 2 is 1.63 bits per heavy atom. The number of rotatable bonds is 5. The molecular formula is C16H17N3O6S2. The van der Waals surface area contributed by atoms with Gasteiger partial charge in [-0.25, -0.2) is 16.8 Å². The monoisotopic (exact) mass is 411 g/mol. The van der Waals surface area contributed by atoms with Gasteiger partial charge in [0.1, 0.15) is 0 Å². The zero-order valence-corrected chi connectivity index (χ0v) is 15.7. The molecule has 0 aromatic heterocycles. The van der Waals surface area contributed by atoms with E-state index in [1.807, 2.05) is 0 Å². The maximum atomic E-state index is 12.4. The lowest BCUT2D eigenvalue weighted by atomic mass is 10.2. The second-order valence-corrected chi connectivity index (χ2v) is 9.69. The highest BCUT2D eigenvalue weighted by Crippen LogP contribution is 2.26. The van der Waals surface area contributed by atoms with Gasteiger partial charge in [0, 0.05) is 24.4 Å². The molecule has 0 saturated carbocycles. The van der Waals surface area contributed by atoms with Crippen molar-refractivity contribution in [1.82, 2.24) is 0 Å². The minimum Gasteiger partial charge on any atom is -0.280 e. The van der Waals surface area contributed by atoms with Crippen LogP contribution in [0.3, 0.4) is 0 Å². The second kappa shape index (κ2) is 7.16. The zero-order valence-electron chi connectivity index (χ0n) is 14.1. The van der Waals surface area contributed by atoms with Crippen LogP contribution in [0.2, 0.25) is 0 Å². The lowest BCUT2D eigenvalue weighted by molar-refractivity contribution is -0.384. The summed E-state index contributed by atoms with van der Waals surface area (Å²) in [5.41, 5.74) is 0.528. The van der Waals surface area contributed by atoms with Crippen LogP contribution < -0.4 is 9.03 Å². The molecule has 1 aliphatic heterocycles. The first kappa shape index (κ1) is 19.1. The highest BCUT2D eigenvalue weighted by molar-refractivity contribution is 7.93. The van der Waals surface area contributed by atoms with E-state index in [0.29, 0.717) is 18.7 Å². The molecule has 0 atom stereocenters. The molecule has 1 N–H and O–H groups in total. The number of nitrogens with zero attached hydrogens (tertiary/aromatic N) is 2. The van der Waals surface area contributed by atoms with Crippen LogP contribution in [-0.4, -0.2) is 34.1 Å². The van der Waals surface area contributed by atoms with Crippen LogP contribution in [0.5, 0.6) is 0 Å². The van der Waals surface area contributed by atoms with Crippen molar-refractivity contribution < 1.29 is 21.8 Å². The van der Waals surface area contributed by atoms with E-state index in [9.17, 15) is 26.9 Å². The number of non-ortho nitro benzene ring substituents is 1. The van der Waals surface area contributed by atoms with Crippen molar-refractivity contribution in [1.29, 1.82) is 0 Å². The summed E-state index contributed by atoms with van der Waals surface area (Å²) in [6.07, 6.45) is 1.40. The van der Waals surface area contributed by atoms with Gasteiger partial charge in [-0.3, -0.25) is 19.1 Å². The summed E-state index contributed by atoms with van der Waals surface area (Å²) in [6.45, 7) is 0.399. The van der Waals surface area contributed by atoms with Gasteiger partial charge in [-0.2, -0.15) is 0 Å². The van der Waals surface area contributed by atoms with Gasteiger partial charge < -0.3 is 0 Å². The first-order valence-electron chi connectivity index (χ1n) is 8.07. The Bertz CT molecular complexity index is 1050. The maximum absolute atomic E-state index is 12.4. The standard InChI is InChI=1S/C16H17N3O6S2/c20-19(21)15-7-9-16(10-8-15)27(24,25)17-13-3-5-14(6-4-13)18-11-1-2-12-26(18,22)23/h3-10,17H,1-2,11-12H2. The van der Waals surface area contributed by atoms with Gasteiger partial charge in [0.05, 0.1) is 21.3 Å². The molecule has 1 saturated heterocycles. The van der Waals surface area contributed by atoms with E-state index in [-0.39, 0.29) is 22.0 Å². The van der Waals surface area contributed by atoms with Crippen molar-refractivity contribution in [3.05, 3.63) is 58.6 Å². The molecule has 0 unspecified atom stereocenters. The van der Waals surface area contributed by atoms with Gasteiger partial charge in [0.15, 0.2) is 0 Å². The molecule has 3 rings (SSSR count). The molecule has 144 valence electrons. The number of nitro benzene ring substituents is 1. The third-order valence-electron chi connectivity index (χ3n) is 4.11. The molecule has 2 aromatic carbocycles. The lowest BCUT2D eigenvalue weighted by Crippen LogP contribution is -2.37. The number of sulfonamides is 2. The highest BCUT2D eigenvalue weighted by Gasteiger charge is 2.26. The van der Waals surface area contributed by atoms with Crippen LogP contribution in [0.1, 0.15) is 12.8 Å². The van der Waals surface area contributed by atoms with Crippen molar-refractivity contribution in [2.24, 2.45) is 0 Å². The van der Waals surface area contributed by atoms with Crippen molar-refractivity contribution in [2.75, 3.05) is 21.3 Å². The van der Waals surface area contributed by atoms with Crippen LogP contribution in [-0.2, 0) is 20.0 Å². The van der Waals surface area contributed by atoms with E-state index in [4.69, 9.17) is 0 Å². The van der Waals surface area contributed by atoms with Crippen molar-refractivity contribution in [2.45, 2.75) is 17.7 Å².